The molecule has 2 N–H and O–H groups in total. The van der Waals surface area contributed by atoms with Crippen molar-refractivity contribution >= 4 is 17.3 Å². The normalized spacial score (nSPS) is 12.6. The Morgan fingerprint density at radius 1 is 1.38 bits per heavy atom. The first-order valence-electron chi connectivity index (χ1n) is 6.91. The monoisotopic (exact) mass is 293 g/mol. The van der Waals surface area contributed by atoms with E-state index in [0.717, 1.165) is 0 Å². The van der Waals surface area contributed by atoms with Gasteiger partial charge in [0, 0.05) is 31.4 Å². The molecule has 116 valence electrons. The largest absolute Gasteiger partial charge is 0.387 e. The summed E-state index contributed by atoms with van der Waals surface area (Å²) in [6.45, 7) is 8.91. The number of hydrogen-bond acceptors (Lipinski definition) is 4. The summed E-state index contributed by atoms with van der Waals surface area (Å²) in [6.07, 6.45) is 0. The van der Waals surface area contributed by atoms with Gasteiger partial charge >= 0.3 is 0 Å². The van der Waals surface area contributed by atoms with Crippen molar-refractivity contribution in [1.82, 2.24) is 5.32 Å². The van der Waals surface area contributed by atoms with Gasteiger partial charge in [0.2, 0.25) is 0 Å². The second kappa shape index (κ2) is 6.56. The van der Waals surface area contributed by atoms with Crippen LogP contribution in [0.1, 0.15) is 38.1 Å². The summed E-state index contributed by atoms with van der Waals surface area (Å²) in [5.74, 6) is -0.0164. The molecule has 0 fully saturated rings. The molecule has 0 aliphatic rings. The average molecular weight is 293 g/mol. The zero-order valence-electron chi connectivity index (χ0n) is 13.2. The standard InChI is InChI=1S/C15H23N3O3/c1-10(15(2,3)4)9-17-14(19)12-8-11(18(20)21)6-7-13(12)16-5/h6-8,10,16H,9H2,1-5H3,(H,17,19). The van der Waals surface area contributed by atoms with E-state index in [0.29, 0.717) is 12.2 Å². The molecular weight excluding hydrogens is 270 g/mol. The van der Waals surface area contributed by atoms with Gasteiger partial charge in [-0.1, -0.05) is 27.7 Å². The molecule has 0 radical (unpaired) electrons. The molecule has 0 heterocycles. The van der Waals surface area contributed by atoms with Crippen LogP contribution in [0.2, 0.25) is 0 Å². The van der Waals surface area contributed by atoms with E-state index >= 15 is 0 Å². The number of amides is 1. The van der Waals surface area contributed by atoms with E-state index in [1.165, 1.54) is 12.1 Å². The van der Waals surface area contributed by atoms with Crippen LogP contribution in [0, 0.1) is 21.4 Å². The summed E-state index contributed by atoms with van der Waals surface area (Å²) in [5.41, 5.74) is 0.847. The van der Waals surface area contributed by atoms with E-state index in [1.807, 2.05) is 0 Å². The molecule has 0 bridgehead atoms. The molecule has 0 aliphatic carbocycles. The lowest BCUT2D eigenvalue weighted by Gasteiger charge is -2.27. The SMILES string of the molecule is CNc1ccc([N+](=O)[O-])cc1C(=O)NCC(C)C(C)(C)C. The predicted octanol–water partition coefficient (Wildman–Crippen LogP) is 3.05. The minimum absolute atomic E-state index is 0.0851. The van der Waals surface area contributed by atoms with Crippen LogP contribution in [-0.4, -0.2) is 24.4 Å². The van der Waals surface area contributed by atoms with Crippen molar-refractivity contribution < 1.29 is 9.72 Å². The maximum absolute atomic E-state index is 12.3. The number of nitro groups is 1. The summed E-state index contributed by atoms with van der Waals surface area (Å²) in [7, 11) is 1.68. The van der Waals surface area contributed by atoms with Crippen LogP contribution in [0.5, 0.6) is 0 Å². The number of nitro benzene ring substituents is 1. The van der Waals surface area contributed by atoms with Crippen LogP contribution < -0.4 is 10.6 Å². The Kier molecular flexibility index (Phi) is 5.29. The van der Waals surface area contributed by atoms with Crippen LogP contribution in [0.3, 0.4) is 0 Å². The molecule has 0 saturated carbocycles. The fourth-order valence-electron chi connectivity index (χ4n) is 1.70. The van der Waals surface area contributed by atoms with Crippen molar-refractivity contribution in [3.8, 4) is 0 Å². The van der Waals surface area contributed by atoms with Crippen molar-refractivity contribution in [2.24, 2.45) is 11.3 Å². The Bertz CT molecular complexity index is 535. The Hall–Kier alpha value is -2.11. The number of nitrogens with zero attached hydrogens (tertiary/aromatic N) is 1. The van der Waals surface area contributed by atoms with Crippen molar-refractivity contribution in [2.45, 2.75) is 27.7 Å². The van der Waals surface area contributed by atoms with Gasteiger partial charge in [-0.15, -0.1) is 0 Å². The molecule has 1 aromatic carbocycles. The summed E-state index contributed by atoms with van der Waals surface area (Å²) in [4.78, 5) is 22.6. The fourth-order valence-corrected chi connectivity index (χ4v) is 1.70. The highest BCUT2D eigenvalue weighted by atomic mass is 16.6. The Morgan fingerprint density at radius 2 is 2.00 bits per heavy atom. The van der Waals surface area contributed by atoms with E-state index in [4.69, 9.17) is 0 Å². The highest BCUT2D eigenvalue weighted by Crippen LogP contribution is 2.25. The van der Waals surface area contributed by atoms with E-state index in [9.17, 15) is 14.9 Å². The molecule has 1 unspecified atom stereocenters. The Labute approximate surface area is 125 Å². The van der Waals surface area contributed by atoms with Gasteiger partial charge < -0.3 is 10.6 Å². The lowest BCUT2D eigenvalue weighted by atomic mass is 9.82. The maximum Gasteiger partial charge on any atom is 0.270 e. The van der Waals surface area contributed by atoms with Crippen LogP contribution in [0.25, 0.3) is 0 Å². The van der Waals surface area contributed by atoms with Crippen LogP contribution in [0.4, 0.5) is 11.4 Å². The number of anilines is 1. The van der Waals surface area contributed by atoms with Crippen LogP contribution in [-0.2, 0) is 0 Å². The summed E-state index contributed by atoms with van der Waals surface area (Å²) < 4.78 is 0. The second-order valence-electron chi connectivity index (χ2n) is 6.21. The van der Waals surface area contributed by atoms with Gasteiger partial charge in [0.1, 0.15) is 0 Å². The second-order valence-corrected chi connectivity index (χ2v) is 6.21. The highest BCUT2D eigenvalue weighted by molar-refractivity contribution is 6.00. The van der Waals surface area contributed by atoms with E-state index in [1.54, 1.807) is 13.1 Å². The van der Waals surface area contributed by atoms with E-state index in [-0.39, 0.29) is 28.5 Å². The fraction of sp³-hybridized carbons (Fsp3) is 0.533. The lowest BCUT2D eigenvalue weighted by Crippen LogP contribution is -2.34. The number of rotatable bonds is 5. The van der Waals surface area contributed by atoms with Crippen molar-refractivity contribution in [3.63, 3.8) is 0 Å². The molecule has 1 amide bonds. The quantitative estimate of drug-likeness (QED) is 0.645. The van der Waals surface area contributed by atoms with Crippen molar-refractivity contribution in [2.75, 3.05) is 18.9 Å². The molecule has 1 atom stereocenters. The first-order valence-corrected chi connectivity index (χ1v) is 6.91. The molecule has 0 aliphatic heterocycles. The number of carbonyl (C=O) groups is 1. The zero-order chi connectivity index (χ0) is 16.2. The Morgan fingerprint density at radius 3 is 2.48 bits per heavy atom. The van der Waals surface area contributed by atoms with Gasteiger partial charge in [-0.2, -0.15) is 0 Å². The first kappa shape index (κ1) is 16.9. The summed E-state index contributed by atoms with van der Waals surface area (Å²) in [6, 6.07) is 4.21. The minimum Gasteiger partial charge on any atom is -0.387 e. The summed E-state index contributed by atoms with van der Waals surface area (Å²) >= 11 is 0. The van der Waals surface area contributed by atoms with E-state index < -0.39 is 4.92 Å². The predicted molar refractivity (Wildman–Crippen MR) is 83.6 cm³/mol. The molecule has 0 aromatic heterocycles. The Balaban J connectivity index is 2.91. The summed E-state index contributed by atoms with van der Waals surface area (Å²) in [5, 5.41) is 16.5. The number of nitrogens with one attached hydrogen (secondary N) is 2. The zero-order valence-corrected chi connectivity index (χ0v) is 13.2. The number of carbonyl (C=O) groups excluding carboxylic acids is 1. The molecule has 21 heavy (non-hydrogen) atoms. The molecule has 6 nitrogen and oxygen atoms in total. The van der Waals surface area contributed by atoms with Crippen molar-refractivity contribution in [1.29, 1.82) is 0 Å². The highest BCUT2D eigenvalue weighted by Gasteiger charge is 2.22. The van der Waals surface area contributed by atoms with Gasteiger partial charge in [0.25, 0.3) is 11.6 Å². The van der Waals surface area contributed by atoms with Gasteiger partial charge in [-0.25, -0.2) is 0 Å². The molecule has 1 aromatic rings. The third-order valence-corrected chi connectivity index (χ3v) is 3.78. The maximum atomic E-state index is 12.3. The molecule has 0 spiro atoms. The third-order valence-electron chi connectivity index (χ3n) is 3.78. The number of non-ortho nitro benzene ring substituents is 1. The first-order chi connectivity index (χ1) is 9.66. The lowest BCUT2D eigenvalue weighted by molar-refractivity contribution is -0.384. The smallest absolute Gasteiger partial charge is 0.270 e. The van der Waals surface area contributed by atoms with Gasteiger partial charge in [0.15, 0.2) is 0 Å². The molecule has 0 saturated heterocycles. The van der Waals surface area contributed by atoms with Crippen LogP contribution in [0.15, 0.2) is 18.2 Å². The number of benzene rings is 1. The van der Waals surface area contributed by atoms with Crippen molar-refractivity contribution in [3.05, 3.63) is 33.9 Å². The number of hydrogen-bond donors (Lipinski definition) is 2. The van der Waals surface area contributed by atoms with Gasteiger partial charge in [-0.05, 0) is 17.4 Å². The molecule has 6 heteroatoms. The topological polar surface area (TPSA) is 84.3 Å². The van der Waals surface area contributed by atoms with Gasteiger partial charge in [-0.3, -0.25) is 14.9 Å². The van der Waals surface area contributed by atoms with Crippen LogP contribution >= 0.6 is 0 Å². The third kappa shape index (κ3) is 4.44. The molecule has 1 rings (SSSR count). The van der Waals surface area contributed by atoms with E-state index in [2.05, 4.69) is 38.3 Å². The van der Waals surface area contributed by atoms with Gasteiger partial charge in [0.05, 0.1) is 10.5 Å². The minimum atomic E-state index is -0.506. The average Bonchev–Trinajstić information content (AvgIpc) is 2.42. The molecular formula is C15H23N3O3.